The smallest absolute Gasteiger partial charge is 0.247 e. The zero-order valence-electron chi connectivity index (χ0n) is 12.6. The van der Waals surface area contributed by atoms with E-state index in [1.807, 2.05) is 42.5 Å². The molecule has 1 aromatic heterocycles. The van der Waals surface area contributed by atoms with Crippen LogP contribution in [-0.4, -0.2) is 22.8 Å². The summed E-state index contributed by atoms with van der Waals surface area (Å²) in [6.07, 6.45) is 3.46. The maximum absolute atomic E-state index is 12.6. The van der Waals surface area contributed by atoms with E-state index in [9.17, 15) is 4.79 Å². The number of rotatable bonds is 4. The second-order valence-electron chi connectivity index (χ2n) is 5.09. The molecule has 1 unspecified atom stereocenters. The van der Waals surface area contributed by atoms with Gasteiger partial charge in [0.1, 0.15) is 5.54 Å². The van der Waals surface area contributed by atoms with Gasteiger partial charge in [-0.1, -0.05) is 36.4 Å². The number of halogens is 2. The molecule has 0 aliphatic rings. The van der Waals surface area contributed by atoms with Crippen LogP contribution in [0.25, 0.3) is 0 Å². The van der Waals surface area contributed by atoms with Crippen LogP contribution in [0.1, 0.15) is 18.1 Å². The monoisotopic (exact) mass is 341 g/mol. The zero-order chi connectivity index (χ0) is 14.6. The van der Waals surface area contributed by atoms with E-state index in [0.717, 1.165) is 11.1 Å². The Labute approximate surface area is 143 Å². The van der Waals surface area contributed by atoms with Gasteiger partial charge in [0, 0.05) is 26.0 Å². The van der Waals surface area contributed by atoms with Crippen LogP contribution < -0.4 is 5.73 Å². The van der Waals surface area contributed by atoms with E-state index in [0.29, 0.717) is 6.54 Å². The van der Waals surface area contributed by atoms with E-state index in [2.05, 4.69) is 4.98 Å². The first kappa shape index (κ1) is 20.4. The minimum atomic E-state index is -1.03. The lowest BCUT2D eigenvalue weighted by atomic mass is 9.91. The average Bonchev–Trinajstić information content (AvgIpc) is 2.48. The fourth-order valence-corrected chi connectivity index (χ4v) is 2.14. The highest BCUT2D eigenvalue weighted by atomic mass is 35.5. The first-order valence-electron chi connectivity index (χ1n) is 6.50. The lowest BCUT2D eigenvalue weighted by Gasteiger charge is -2.29. The number of likely N-dealkylation sites (N-methyl/N-ethyl adjacent to an activating group) is 1. The molecule has 6 heteroatoms. The van der Waals surface area contributed by atoms with Gasteiger partial charge >= 0.3 is 0 Å². The number of benzene rings is 1. The van der Waals surface area contributed by atoms with E-state index < -0.39 is 5.54 Å². The van der Waals surface area contributed by atoms with Gasteiger partial charge in [-0.05, 0) is 24.1 Å². The predicted octanol–water partition coefficient (Wildman–Crippen LogP) is 2.76. The number of carbonyl (C=O) groups excluding carboxylic acids is 1. The summed E-state index contributed by atoms with van der Waals surface area (Å²) in [5, 5.41) is 0. The van der Waals surface area contributed by atoms with Crippen molar-refractivity contribution >= 4 is 30.7 Å². The van der Waals surface area contributed by atoms with Crippen LogP contribution in [0, 0.1) is 0 Å². The molecule has 4 nitrogen and oxygen atoms in total. The highest BCUT2D eigenvalue weighted by Crippen LogP contribution is 2.20. The quantitative estimate of drug-likeness (QED) is 0.929. The van der Waals surface area contributed by atoms with Gasteiger partial charge < -0.3 is 10.6 Å². The second-order valence-corrected chi connectivity index (χ2v) is 5.09. The van der Waals surface area contributed by atoms with Crippen molar-refractivity contribution < 1.29 is 4.79 Å². The summed E-state index contributed by atoms with van der Waals surface area (Å²) in [5.74, 6) is -0.118. The molecule has 1 atom stereocenters. The molecule has 120 valence electrons. The maximum Gasteiger partial charge on any atom is 0.247 e. The Balaban J connectivity index is 0.00000220. The summed E-state index contributed by atoms with van der Waals surface area (Å²) < 4.78 is 0. The summed E-state index contributed by atoms with van der Waals surface area (Å²) in [6, 6.07) is 13.2. The largest absolute Gasteiger partial charge is 0.339 e. The van der Waals surface area contributed by atoms with Gasteiger partial charge in [-0.3, -0.25) is 9.78 Å². The number of aromatic nitrogens is 1. The van der Waals surface area contributed by atoms with Crippen molar-refractivity contribution in [2.45, 2.75) is 19.0 Å². The highest BCUT2D eigenvalue weighted by molar-refractivity contribution is 5.87. The lowest BCUT2D eigenvalue weighted by molar-refractivity contribution is -0.136. The van der Waals surface area contributed by atoms with E-state index >= 15 is 0 Å². The normalized spacial score (nSPS) is 12.3. The van der Waals surface area contributed by atoms with Gasteiger partial charge in [0.2, 0.25) is 5.91 Å². The van der Waals surface area contributed by atoms with Crippen LogP contribution in [-0.2, 0) is 16.9 Å². The Bertz CT molecular complexity index is 576. The number of amides is 1. The topological polar surface area (TPSA) is 59.2 Å². The van der Waals surface area contributed by atoms with Gasteiger partial charge in [0.25, 0.3) is 0 Å². The van der Waals surface area contributed by atoms with Gasteiger partial charge in [-0.25, -0.2) is 0 Å². The van der Waals surface area contributed by atoms with Crippen LogP contribution in [0.5, 0.6) is 0 Å². The number of nitrogens with zero attached hydrogens (tertiary/aromatic N) is 2. The first-order chi connectivity index (χ1) is 9.51. The van der Waals surface area contributed by atoms with E-state index in [4.69, 9.17) is 5.73 Å². The highest BCUT2D eigenvalue weighted by Gasteiger charge is 2.32. The standard InChI is InChI=1S/C16H19N3O.2ClH/c1-16(17,14-8-4-3-5-9-14)15(20)19(2)12-13-7-6-10-18-11-13;;/h3-11H,12,17H2,1-2H3;2*1H. The van der Waals surface area contributed by atoms with Crippen molar-refractivity contribution in [3.63, 3.8) is 0 Å². The third-order valence-electron chi connectivity index (χ3n) is 3.31. The molecule has 2 aromatic rings. The maximum atomic E-state index is 12.6. The van der Waals surface area contributed by atoms with Crippen LogP contribution in [0.3, 0.4) is 0 Å². The SMILES string of the molecule is CN(Cc1cccnc1)C(=O)C(C)(N)c1ccccc1.Cl.Cl. The van der Waals surface area contributed by atoms with Crippen molar-refractivity contribution in [1.82, 2.24) is 9.88 Å². The van der Waals surface area contributed by atoms with Crippen LogP contribution in [0.15, 0.2) is 54.9 Å². The number of nitrogens with two attached hydrogens (primary N) is 1. The van der Waals surface area contributed by atoms with E-state index in [-0.39, 0.29) is 30.7 Å². The Hall–Kier alpha value is -1.62. The molecule has 0 aliphatic carbocycles. The summed E-state index contributed by atoms with van der Waals surface area (Å²) in [7, 11) is 1.75. The molecular weight excluding hydrogens is 321 g/mol. The van der Waals surface area contributed by atoms with Gasteiger partial charge in [0.05, 0.1) is 0 Å². The van der Waals surface area contributed by atoms with Crippen molar-refractivity contribution in [2.75, 3.05) is 7.05 Å². The molecule has 0 radical (unpaired) electrons. The summed E-state index contributed by atoms with van der Waals surface area (Å²) in [5.41, 5.74) is 6.99. The molecule has 2 N–H and O–H groups in total. The molecule has 1 amide bonds. The van der Waals surface area contributed by atoms with Crippen molar-refractivity contribution in [3.8, 4) is 0 Å². The Morgan fingerprint density at radius 2 is 1.82 bits per heavy atom. The van der Waals surface area contributed by atoms with Crippen molar-refractivity contribution in [2.24, 2.45) is 5.73 Å². The molecule has 0 aliphatic heterocycles. The average molecular weight is 342 g/mol. The Kier molecular flexibility index (Phi) is 8.09. The Morgan fingerprint density at radius 1 is 1.18 bits per heavy atom. The van der Waals surface area contributed by atoms with Gasteiger partial charge in [-0.2, -0.15) is 0 Å². The van der Waals surface area contributed by atoms with E-state index in [1.54, 1.807) is 31.3 Å². The third-order valence-corrected chi connectivity index (χ3v) is 3.31. The third kappa shape index (κ3) is 4.70. The molecule has 0 saturated carbocycles. The van der Waals surface area contributed by atoms with Crippen LogP contribution in [0.2, 0.25) is 0 Å². The molecule has 0 spiro atoms. The number of hydrogen-bond acceptors (Lipinski definition) is 3. The van der Waals surface area contributed by atoms with Gasteiger partial charge in [-0.15, -0.1) is 24.8 Å². The number of pyridine rings is 1. The fourth-order valence-electron chi connectivity index (χ4n) is 2.14. The minimum Gasteiger partial charge on any atom is -0.339 e. The number of hydrogen-bond donors (Lipinski definition) is 1. The molecule has 0 bridgehead atoms. The molecule has 2 rings (SSSR count). The summed E-state index contributed by atoms with van der Waals surface area (Å²) >= 11 is 0. The summed E-state index contributed by atoms with van der Waals surface area (Å²) in [4.78, 5) is 18.2. The zero-order valence-corrected chi connectivity index (χ0v) is 14.2. The van der Waals surface area contributed by atoms with Crippen molar-refractivity contribution in [1.29, 1.82) is 0 Å². The predicted molar refractivity (Wildman–Crippen MR) is 93.2 cm³/mol. The molecule has 0 saturated heterocycles. The number of carbonyl (C=O) groups is 1. The first-order valence-corrected chi connectivity index (χ1v) is 6.50. The fraction of sp³-hybridized carbons (Fsp3) is 0.250. The minimum absolute atomic E-state index is 0. The van der Waals surface area contributed by atoms with Gasteiger partial charge in [0.15, 0.2) is 0 Å². The van der Waals surface area contributed by atoms with Crippen molar-refractivity contribution in [3.05, 3.63) is 66.0 Å². The molecule has 1 aromatic carbocycles. The molecule has 22 heavy (non-hydrogen) atoms. The summed E-state index contributed by atoms with van der Waals surface area (Å²) in [6.45, 7) is 2.23. The molecule has 0 fully saturated rings. The molecular formula is C16H21Cl2N3O. The Morgan fingerprint density at radius 3 is 2.36 bits per heavy atom. The molecule has 1 heterocycles. The van der Waals surface area contributed by atoms with E-state index in [1.165, 1.54) is 0 Å². The lowest BCUT2D eigenvalue weighted by Crippen LogP contribution is -2.49. The van der Waals surface area contributed by atoms with Crippen LogP contribution in [0.4, 0.5) is 0 Å². The van der Waals surface area contributed by atoms with Crippen LogP contribution >= 0.6 is 24.8 Å². The second kappa shape index (κ2) is 8.73.